The van der Waals surface area contributed by atoms with E-state index in [1.165, 1.54) is 0 Å². The number of carbonyl (C=O) groups excluding carboxylic acids is 1. The van der Waals surface area contributed by atoms with E-state index in [4.69, 9.17) is 4.98 Å². The largest absolute Gasteiger partial charge is 0.322 e. The number of aromatic nitrogens is 5. The molecular formula is C26H24N6O. The van der Waals surface area contributed by atoms with E-state index in [-0.39, 0.29) is 5.91 Å². The molecule has 0 saturated carbocycles. The van der Waals surface area contributed by atoms with E-state index in [0.29, 0.717) is 17.8 Å². The number of para-hydroxylation sites is 1. The Bertz CT molecular complexity index is 1480. The first kappa shape index (κ1) is 20.6. The van der Waals surface area contributed by atoms with Crippen LogP contribution in [-0.2, 0) is 13.6 Å². The number of pyridine rings is 1. The number of aryl methyl sites for hydroxylation is 3. The summed E-state index contributed by atoms with van der Waals surface area (Å²) in [5.74, 6) is -0.179. The molecule has 0 unspecified atom stereocenters. The predicted molar refractivity (Wildman–Crippen MR) is 129 cm³/mol. The highest BCUT2D eigenvalue weighted by Crippen LogP contribution is 2.25. The van der Waals surface area contributed by atoms with E-state index in [1.54, 1.807) is 10.9 Å². The summed E-state index contributed by atoms with van der Waals surface area (Å²) in [6, 6.07) is 19.4. The number of fused-ring (bicyclic) bond motifs is 1. The van der Waals surface area contributed by atoms with Crippen LogP contribution in [0.25, 0.3) is 22.2 Å². The second-order valence-corrected chi connectivity index (χ2v) is 8.21. The Labute approximate surface area is 191 Å². The average Bonchev–Trinajstić information content (AvgIpc) is 3.37. The molecule has 0 aliphatic rings. The van der Waals surface area contributed by atoms with Crippen LogP contribution in [0.4, 0.5) is 5.69 Å². The van der Waals surface area contributed by atoms with E-state index in [2.05, 4.69) is 21.6 Å². The monoisotopic (exact) mass is 436 g/mol. The number of amides is 1. The van der Waals surface area contributed by atoms with E-state index in [0.717, 1.165) is 39.1 Å². The van der Waals surface area contributed by atoms with Crippen molar-refractivity contribution in [1.29, 1.82) is 0 Å². The number of carbonyl (C=O) groups is 1. The Morgan fingerprint density at radius 1 is 1.03 bits per heavy atom. The summed E-state index contributed by atoms with van der Waals surface area (Å²) in [5, 5.41) is 12.6. The number of hydrogen-bond acceptors (Lipinski definition) is 4. The molecule has 0 aliphatic carbocycles. The van der Waals surface area contributed by atoms with Gasteiger partial charge in [-0.2, -0.15) is 10.2 Å². The maximum absolute atomic E-state index is 13.4. The van der Waals surface area contributed by atoms with Gasteiger partial charge in [0.15, 0.2) is 0 Å². The highest BCUT2D eigenvalue weighted by atomic mass is 16.1. The second kappa shape index (κ2) is 8.35. The smallest absolute Gasteiger partial charge is 0.256 e. The minimum Gasteiger partial charge on any atom is -0.322 e. The van der Waals surface area contributed by atoms with Crippen LogP contribution in [0.3, 0.4) is 0 Å². The zero-order valence-electron chi connectivity index (χ0n) is 18.8. The lowest BCUT2D eigenvalue weighted by Gasteiger charge is -2.11. The SMILES string of the molecule is Cc1cc(C)n(Cc2cccc(NC(=O)c3cc(-c4cnn(C)c4)nc4ccccc34)c2)n1. The second-order valence-electron chi connectivity index (χ2n) is 8.21. The molecule has 1 amide bonds. The molecule has 1 N–H and O–H groups in total. The predicted octanol–water partition coefficient (Wildman–Crippen LogP) is 4.75. The van der Waals surface area contributed by atoms with E-state index < -0.39 is 0 Å². The van der Waals surface area contributed by atoms with Crippen molar-refractivity contribution in [3.05, 3.63) is 95.6 Å². The molecule has 0 aliphatic heterocycles. The molecule has 2 aromatic carbocycles. The highest BCUT2D eigenvalue weighted by molar-refractivity contribution is 6.13. The first-order valence-electron chi connectivity index (χ1n) is 10.8. The Kier molecular flexibility index (Phi) is 5.22. The molecule has 3 heterocycles. The lowest BCUT2D eigenvalue weighted by Crippen LogP contribution is -2.13. The van der Waals surface area contributed by atoms with Crippen molar-refractivity contribution in [2.75, 3.05) is 5.32 Å². The van der Waals surface area contributed by atoms with Gasteiger partial charge in [-0.25, -0.2) is 4.98 Å². The minimum absolute atomic E-state index is 0.179. The Morgan fingerprint density at radius 2 is 1.88 bits per heavy atom. The van der Waals surface area contributed by atoms with Gasteiger partial charge in [0, 0.05) is 35.6 Å². The van der Waals surface area contributed by atoms with Gasteiger partial charge >= 0.3 is 0 Å². The van der Waals surface area contributed by atoms with Gasteiger partial charge < -0.3 is 5.32 Å². The molecule has 5 aromatic rings. The highest BCUT2D eigenvalue weighted by Gasteiger charge is 2.15. The van der Waals surface area contributed by atoms with E-state index >= 15 is 0 Å². The zero-order valence-corrected chi connectivity index (χ0v) is 18.8. The molecule has 0 spiro atoms. The lowest BCUT2D eigenvalue weighted by molar-refractivity contribution is 0.102. The first-order chi connectivity index (χ1) is 16.0. The third-order valence-electron chi connectivity index (χ3n) is 5.58. The molecule has 3 aromatic heterocycles. The third-order valence-corrected chi connectivity index (χ3v) is 5.58. The molecule has 0 radical (unpaired) electrons. The molecule has 7 nitrogen and oxygen atoms in total. The Balaban J connectivity index is 1.46. The van der Waals surface area contributed by atoms with Crippen molar-refractivity contribution in [3.8, 4) is 11.3 Å². The summed E-state index contributed by atoms with van der Waals surface area (Å²) < 4.78 is 3.69. The standard InChI is InChI=1S/C26H24N6O/c1-17-11-18(2)32(30-17)15-19-7-6-8-21(12-19)28-26(33)23-13-25(20-14-27-31(3)16-20)29-24-10-5-4-9-22(23)24/h4-14,16H,15H2,1-3H3,(H,28,33). The van der Waals surface area contributed by atoms with Crippen LogP contribution >= 0.6 is 0 Å². The van der Waals surface area contributed by atoms with Crippen molar-refractivity contribution in [3.63, 3.8) is 0 Å². The number of nitrogens with zero attached hydrogens (tertiary/aromatic N) is 5. The normalized spacial score (nSPS) is 11.1. The van der Waals surface area contributed by atoms with Gasteiger partial charge in [0.1, 0.15) is 0 Å². The Hall–Kier alpha value is -4.26. The summed E-state index contributed by atoms with van der Waals surface area (Å²) in [7, 11) is 1.86. The summed E-state index contributed by atoms with van der Waals surface area (Å²) in [4.78, 5) is 18.1. The minimum atomic E-state index is -0.179. The van der Waals surface area contributed by atoms with Crippen molar-refractivity contribution >= 4 is 22.5 Å². The molecule has 0 saturated heterocycles. The van der Waals surface area contributed by atoms with Gasteiger partial charge in [0.25, 0.3) is 5.91 Å². The zero-order chi connectivity index (χ0) is 22.9. The molecule has 5 rings (SSSR count). The summed E-state index contributed by atoms with van der Waals surface area (Å²) in [5.41, 5.74) is 6.82. The van der Waals surface area contributed by atoms with Crippen LogP contribution in [0.5, 0.6) is 0 Å². The van der Waals surface area contributed by atoms with E-state index in [9.17, 15) is 4.79 Å². The summed E-state index contributed by atoms with van der Waals surface area (Å²) >= 11 is 0. The van der Waals surface area contributed by atoms with Crippen molar-refractivity contribution in [2.45, 2.75) is 20.4 Å². The van der Waals surface area contributed by atoms with Gasteiger partial charge in [0.05, 0.1) is 35.2 Å². The number of anilines is 1. The van der Waals surface area contributed by atoms with E-state index in [1.807, 2.05) is 86.4 Å². The van der Waals surface area contributed by atoms with Crippen LogP contribution in [0.1, 0.15) is 27.3 Å². The lowest BCUT2D eigenvalue weighted by atomic mass is 10.0. The summed E-state index contributed by atoms with van der Waals surface area (Å²) in [6.45, 7) is 4.67. The van der Waals surface area contributed by atoms with Gasteiger partial charge in [-0.3, -0.25) is 14.2 Å². The van der Waals surface area contributed by atoms with Crippen LogP contribution in [0, 0.1) is 13.8 Å². The van der Waals surface area contributed by atoms with Gasteiger partial charge in [-0.05, 0) is 49.7 Å². The maximum atomic E-state index is 13.4. The molecule has 0 bridgehead atoms. The van der Waals surface area contributed by atoms with Crippen molar-refractivity contribution in [2.24, 2.45) is 7.05 Å². The fourth-order valence-electron chi connectivity index (χ4n) is 4.02. The first-order valence-corrected chi connectivity index (χ1v) is 10.8. The average molecular weight is 437 g/mol. The van der Waals surface area contributed by atoms with Crippen LogP contribution in [0.2, 0.25) is 0 Å². The fourth-order valence-corrected chi connectivity index (χ4v) is 4.02. The fraction of sp³-hybridized carbons (Fsp3) is 0.154. The molecular weight excluding hydrogens is 412 g/mol. The quantitative estimate of drug-likeness (QED) is 0.431. The summed E-state index contributed by atoms with van der Waals surface area (Å²) in [6.07, 6.45) is 3.64. The van der Waals surface area contributed by atoms with Crippen LogP contribution < -0.4 is 5.32 Å². The molecule has 0 atom stereocenters. The Morgan fingerprint density at radius 3 is 2.64 bits per heavy atom. The molecule has 164 valence electrons. The topological polar surface area (TPSA) is 77.6 Å². The molecule has 33 heavy (non-hydrogen) atoms. The maximum Gasteiger partial charge on any atom is 0.256 e. The number of nitrogens with one attached hydrogen (secondary N) is 1. The van der Waals surface area contributed by atoms with Crippen LogP contribution in [0.15, 0.2) is 73.1 Å². The van der Waals surface area contributed by atoms with Gasteiger partial charge in [-0.1, -0.05) is 30.3 Å². The molecule has 0 fully saturated rings. The van der Waals surface area contributed by atoms with Gasteiger partial charge in [-0.15, -0.1) is 0 Å². The number of rotatable bonds is 5. The van der Waals surface area contributed by atoms with Crippen LogP contribution in [-0.4, -0.2) is 30.5 Å². The van der Waals surface area contributed by atoms with Gasteiger partial charge in [0.2, 0.25) is 0 Å². The number of benzene rings is 2. The molecule has 7 heteroatoms. The van der Waals surface area contributed by atoms with Crippen molar-refractivity contribution in [1.82, 2.24) is 24.5 Å². The number of hydrogen-bond donors (Lipinski definition) is 1. The van der Waals surface area contributed by atoms with Crippen molar-refractivity contribution < 1.29 is 4.79 Å². The third kappa shape index (κ3) is 4.25.